The second-order valence-corrected chi connectivity index (χ2v) is 6.85. The fourth-order valence-corrected chi connectivity index (χ4v) is 3.86. The second-order valence-electron chi connectivity index (χ2n) is 5.91. The van der Waals surface area contributed by atoms with Crippen LogP contribution in [0.1, 0.15) is 26.3 Å². The number of hydrogen-bond donors (Lipinski definition) is 0. The van der Waals surface area contributed by atoms with E-state index in [4.69, 9.17) is 0 Å². The number of aromatic nitrogens is 2. The highest BCUT2D eigenvalue weighted by Crippen LogP contribution is 2.29. The van der Waals surface area contributed by atoms with Gasteiger partial charge in [0.15, 0.2) is 5.16 Å². The lowest BCUT2D eigenvalue weighted by Crippen LogP contribution is -2.40. The van der Waals surface area contributed by atoms with E-state index in [9.17, 15) is 13.6 Å². The van der Waals surface area contributed by atoms with E-state index < -0.39 is 6.55 Å². The van der Waals surface area contributed by atoms with Crippen LogP contribution in [0.25, 0.3) is 11.0 Å². The molecule has 1 saturated heterocycles. The predicted molar refractivity (Wildman–Crippen MR) is 86.7 cm³/mol. The summed E-state index contributed by atoms with van der Waals surface area (Å²) >= 11 is 1.08. The number of hydrogen-bond acceptors (Lipinski definition) is 3. The molecule has 0 spiro atoms. The van der Waals surface area contributed by atoms with Crippen molar-refractivity contribution in [3.8, 4) is 0 Å². The third-order valence-corrected chi connectivity index (χ3v) is 5.03. The Labute approximate surface area is 137 Å². The van der Waals surface area contributed by atoms with Crippen molar-refractivity contribution in [3.05, 3.63) is 24.3 Å². The summed E-state index contributed by atoms with van der Waals surface area (Å²) in [4.78, 5) is 18.4. The Bertz CT molecular complexity index is 704. The Morgan fingerprint density at radius 3 is 2.96 bits per heavy atom. The van der Waals surface area contributed by atoms with E-state index >= 15 is 0 Å². The molecule has 0 N–H and O–H groups in total. The van der Waals surface area contributed by atoms with Gasteiger partial charge in [0.05, 0.1) is 16.8 Å². The van der Waals surface area contributed by atoms with Crippen LogP contribution in [-0.4, -0.2) is 39.2 Å². The summed E-state index contributed by atoms with van der Waals surface area (Å²) in [5.74, 6) is 0.640. The minimum absolute atomic E-state index is 0.00516. The Morgan fingerprint density at radius 1 is 1.43 bits per heavy atom. The molecule has 2 heterocycles. The quantitative estimate of drug-likeness (QED) is 0.796. The van der Waals surface area contributed by atoms with Crippen LogP contribution in [0.15, 0.2) is 29.4 Å². The highest BCUT2D eigenvalue weighted by Gasteiger charge is 2.23. The van der Waals surface area contributed by atoms with Gasteiger partial charge in [0.1, 0.15) is 0 Å². The Balaban J connectivity index is 1.74. The van der Waals surface area contributed by atoms with E-state index in [2.05, 4.69) is 11.9 Å². The average molecular weight is 339 g/mol. The molecule has 0 radical (unpaired) electrons. The van der Waals surface area contributed by atoms with Crippen molar-refractivity contribution in [3.63, 3.8) is 0 Å². The smallest absolute Gasteiger partial charge is 0.321 e. The topological polar surface area (TPSA) is 38.1 Å². The van der Waals surface area contributed by atoms with Gasteiger partial charge in [-0.25, -0.2) is 4.98 Å². The molecule has 1 aromatic carbocycles. The van der Waals surface area contributed by atoms with Gasteiger partial charge in [0, 0.05) is 13.1 Å². The van der Waals surface area contributed by atoms with E-state index in [0.717, 1.165) is 42.3 Å². The number of carbonyl (C=O) groups excluding carboxylic acids is 1. The maximum atomic E-state index is 13.3. The number of fused-ring (bicyclic) bond motifs is 1. The first kappa shape index (κ1) is 16.2. The predicted octanol–water partition coefficient (Wildman–Crippen LogP) is 3.78. The largest absolute Gasteiger partial charge is 0.342 e. The Hall–Kier alpha value is -1.63. The molecule has 1 fully saturated rings. The van der Waals surface area contributed by atoms with E-state index in [1.807, 2.05) is 4.90 Å². The number of carbonyl (C=O) groups is 1. The molecule has 23 heavy (non-hydrogen) atoms. The molecule has 0 bridgehead atoms. The van der Waals surface area contributed by atoms with Gasteiger partial charge in [-0.1, -0.05) is 30.8 Å². The summed E-state index contributed by atoms with van der Waals surface area (Å²) in [6.45, 7) is 0.970. The number of halogens is 2. The zero-order valence-electron chi connectivity index (χ0n) is 12.9. The number of nitrogens with zero attached hydrogens (tertiary/aromatic N) is 3. The molecule has 1 aliphatic rings. The van der Waals surface area contributed by atoms with Crippen LogP contribution >= 0.6 is 11.8 Å². The van der Waals surface area contributed by atoms with Crippen molar-refractivity contribution in [1.29, 1.82) is 0 Å². The molecular weight excluding hydrogens is 320 g/mol. The third kappa shape index (κ3) is 3.49. The lowest BCUT2D eigenvalue weighted by Gasteiger charge is -2.30. The molecule has 3 rings (SSSR count). The van der Waals surface area contributed by atoms with Crippen LogP contribution in [0.5, 0.6) is 0 Å². The van der Waals surface area contributed by atoms with E-state index in [0.29, 0.717) is 17.0 Å². The molecule has 1 aromatic heterocycles. The summed E-state index contributed by atoms with van der Waals surface area (Å²) in [6.07, 6.45) is 2.14. The molecule has 0 saturated carbocycles. The number of rotatable bonds is 4. The minimum atomic E-state index is -2.67. The molecule has 1 amide bonds. The van der Waals surface area contributed by atoms with Crippen molar-refractivity contribution in [2.75, 3.05) is 18.8 Å². The van der Waals surface area contributed by atoms with Crippen molar-refractivity contribution in [2.45, 2.75) is 31.5 Å². The molecule has 4 nitrogen and oxygen atoms in total. The van der Waals surface area contributed by atoms with Gasteiger partial charge in [-0.05, 0) is 30.9 Å². The molecular formula is C16H19F2N3OS. The Kier molecular flexibility index (Phi) is 4.84. The minimum Gasteiger partial charge on any atom is -0.342 e. The number of piperidine rings is 1. The maximum absolute atomic E-state index is 13.3. The van der Waals surface area contributed by atoms with Crippen LogP contribution in [0.2, 0.25) is 0 Å². The van der Waals surface area contributed by atoms with Crippen LogP contribution in [-0.2, 0) is 4.79 Å². The zero-order chi connectivity index (χ0) is 16.4. The lowest BCUT2D eigenvalue weighted by atomic mass is 10.0. The molecule has 2 aromatic rings. The summed E-state index contributed by atoms with van der Waals surface area (Å²) < 4.78 is 27.6. The van der Waals surface area contributed by atoms with E-state index in [1.165, 1.54) is 0 Å². The van der Waals surface area contributed by atoms with Crippen molar-refractivity contribution in [2.24, 2.45) is 5.92 Å². The van der Waals surface area contributed by atoms with Crippen LogP contribution < -0.4 is 0 Å². The maximum Gasteiger partial charge on any atom is 0.321 e. The van der Waals surface area contributed by atoms with Crippen LogP contribution in [0.4, 0.5) is 8.78 Å². The first-order valence-electron chi connectivity index (χ1n) is 7.72. The van der Waals surface area contributed by atoms with Crippen LogP contribution in [0, 0.1) is 5.92 Å². The number of thioether (sulfide) groups is 1. The van der Waals surface area contributed by atoms with Crippen molar-refractivity contribution in [1.82, 2.24) is 14.5 Å². The average Bonchev–Trinajstić information content (AvgIpc) is 2.91. The van der Waals surface area contributed by atoms with Gasteiger partial charge in [-0.15, -0.1) is 0 Å². The highest BCUT2D eigenvalue weighted by molar-refractivity contribution is 7.99. The van der Waals surface area contributed by atoms with Gasteiger partial charge in [-0.3, -0.25) is 9.36 Å². The number of para-hydroxylation sites is 2. The number of alkyl halides is 2. The third-order valence-electron chi connectivity index (χ3n) is 4.09. The lowest BCUT2D eigenvalue weighted by molar-refractivity contribution is -0.130. The SMILES string of the molecule is C[C@@H]1CCCN(C(=O)CSc2nc3ccccc3n2C(F)F)C1. The molecule has 124 valence electrons. The van der Waals surface area contributed by atoms with Gasteiger partial charge < -0.3 is 4.90 Å². The fourth-order valence-electron chi connectivity index (χ4n) is 2.95. The number of benzene rings is 1. The van der Waals surface area contributed by atoms with E-state index in [1.54, 1.807) is 24.3 Å². The first-order valence-corrected chi connectivity index (χ1v) is 8.70. The number of likely N-dealkylation sites (tertiary alicyclic amines) is 1. The van der Waals surface area contributed by atoms with Crippen LogP contribution in [0.3, 0.4) is 0 Å². The summed E-state index contributed by atoms with van der Waals surface area (Å²) in [6, 6.07) is 6.79. The van der Waals surface area contributed by atoms with Gasteiger partial charge in [0.2, 0.25) is 5.91 Å². The molecule has 0 unspecified atom stereocenters. The van der Waals surface area contributed by atoms with E-state index in [-0.39, 0.29) is 16.8 Å². The van der Waals surface area contributed by atoms with Gasteiger partial charge in [0.25, 0.3) is 0 Å². The molecule has 0 aliphatic carbocycles. The normalized spacial score (nSPS) is 18.8. The van der Waals surface area contributed by atoms with Gasteiger partial charge in [-0.2, -0.15) is 8.78 Å². The molecule has 7 heteroatoms. The summed E-state index contributed by atoms with van der Waals surface area (Å²) in [7, 11) is 0. The van der Waals surface area contributed by atoms with Crippen molar-refractivity contribution < 1.29 is 13.6 Å². The molecule has 1 aliphatic heterocycles. The second kappa shape index (κ2) is 6.86. The number of imidazole rings is 1. The Morgan fingerprint density at radius 2 is 2.22 bits per heavy atom. The monoisotopic (exact) mass is 339 g/mol. The molecule has 1 atom stereocenters. The van der Waals surface area contributed by atoms with Gasteiger partial charge >= 0.3 is 6.55 Å². The first-order chi connectivity index (χ1) is 11.1. The summed E-state index contributed by atoms with van der Waals surface area (Å²) in [5, 5.41) is 0.194. The fraction of sp³-hybridized carbons (Fsp3) is 0.500. The number of amides is 1. The summed E-state index contributed by atoms with van der Waals surface area (Å²) in [5.41, 5.74) is 0.915. The highest BCUT2D eigenvalue weighted by atomic mass is 32.2. The zero-order valence-corrected chi connectivity index (χ0v) is 13.7. The van der Waals surface area contributed by atoms with Crippen molar-refractivity contribution >= 4 is 28.7 Å². The standard InChI is InChI=1S/C16H19F2N3OS/c1-11-5-4-8-20(9-11)14(22)10-23-16-19-12-6-2-3-7-13(12)21(16)15(17)18/h2-3,6-7,11,15H,4-5,8-10H2,1H3/t11-/m1/s1.